The molecule has 20 atom stereocenters. The maximum absolute atomic E-state index is 12.8. The van der Waals surface area contributed by atoms with Gasteiger partial charge in [-0.1, -0.05) is 69.4 Å². The lowest BCUT2D eigenvalue weighted by molar-refractivity contribution is -0.376. The Morgan fingerprint density at radius 2 is 1.20 bits per heavy atom. The van der Waals surface area contributed by atoms with Gasteiger partial charge in [0.25, 0.3) is 0 Å². The van der Waals surface area contributed by atoms with E-state index in [1.165, 1.54) is 13.8 Å². The first-order valence-electron chi connectivity index (χ1n) is 22.3. The van der Waals surface area contributed by atoms with Crippen molar-refractivity contribution in [3.05, 3.63) is 35.9 Å². The average Bonchev–Trinajstić information content (AvgIpc) is 3.28. The number of nitrogens with one attached hydrogen (secondary N) is 1. The molecular formula is C43H69NO21. The molecule has 22 nitrogen and oxygen atoms in total. The SMILES string of the molecule is CCCCCCCCO[C@H]1O[C@H](CO[C@H]2O[C@H](CO)[C@@H](O)[C@H](O)[C@H]2O)[C@@H](O)[C@H](O[C@@H]2O[C@@H](C)[C@H](O)[C@@H](O[C@H]3O[C@H](CO)[C@@H](O)[C@H](O)[C@H]3OCc3ccccc3)[C@H]2OC(C)=O)[C@H]1NC(C)=O. The predicted octanol–water partition coefficient (Wildman–Crippen LogP) is -2.40. The van der Waals surface area contributed by atoms with Gasteiger partial charge in [-0.3, -0.25) is 9.59 Å². The first-order valence-corrected chi connectivity index (χ1v) is 22.3. The van der Waals surface area contributed by atoms with Crippen LogP contribution in [0.15, 0.2) is 30.3 Å². The molecule has 1 aromatic rings. The van der Waals surface area contributed by atoms with Gasteiger partial charge in [0.1, 0.15) is 85.4 Å². The minimum absolute atomic E-state index is 0.0797. The van der Waals surface area contributed by atoms with Gasteiger partial charge in [-0.05, 0) is 18.9 Å². The molecule has 4 aliphatic rings. The number of carbonyl (C=O) groups is 2. The number of rotatable bonds is 22. The van der Waals surface area contributed by atoms with Crippen molar-refractivity contribution < 1.29 is 103 Å². The van der Waals surface area contributed by atoms with Crippen LogP contribution in [0.1, 0.15) is 71.8 Å². The van der Waals surface area contributed by atoms with E-state index in [4.69, 9.17) is 47.4 Å². The molecule has 0 aromatic heterocycles. The molecule has 4 saturated heterocycles. The molecule has 0 aliphatic carbocycles. The highest BCUT2D eigenvalue weighted by molar-refractivity contribution is 5.73. The van der Waals surface area contributed by atoms with Crippen LogP contribution in [-0.2, 0) is 63.6 Å². The molecule has 1 amide bonds. The first kappa shape index (κ1) is 53.4. The third kappa shape index (κ3) is 14.0. The van der Waals surface area contributed by atoms with Crippen molar-refractivity contribution in [2.75, 3.05) is 26.4 Å². The van der Waals surface area contributed by atoms with Crippen molar-refractivity contribution in [2.45, 2.75) is 196 Å². The lowest BCUT2D eigenvalue weighted by atomic mass is 9.94. The van der Waals surface area contributed by atoms with Crippen molar-refractivity contribution in [1.82, 2.24) is 5.32 Å². The molecule has 65 heavy (non-hydrogen) atoms. The molecule has 4 fully saturated rings. The zero-order chi connectivity index (χ0) is 47.4. The lowest BCUT2D eigenvalue weighted by Crippen LogP contribution is -2.69. The van der Waals surface area contributed by atoms with E-state index >= 15 is 0 Å². The zero-order valence-electron chi connectivity index (χ0n) is 37.1. The third-order valence-corrected chi connectivity index (χ3v) is 11.8. The van der Waals surface area contributed by atoms with Crippen LogP contribution < -0.4 is 5.32 Å². The molecule has 1 aromatic carbocycles. The number of hydrogen-bond donors (Lipinski definition) is 10. The Hall–Kier alpha value is -2.56. The van der Waals surface area contributed by atoms with Gasteiger partial charge in [-0.2, -0.15) is 0 Å². The van der Waals surface area contributed by atoms with Crippen LogP contribution in [0.3, 0.4) is 0 Å². The fourth-order valence-corrected chi connectivity index (χ4v) is 8.21. The number of amides is 1. The highest BCUT2D eigenvalue weighted by atomic mass is 16.8. The highest BCUT2D eigenvalue weighted by Gasteiger charge is 2.56. The van der Waals surface area contributed by atoms with E-state index in [1.54, 1.807) is 30.3 Å². The summed E-state index contributed by atoms with van der Waals surface area (Å²) in [5.41, 5.74) is 0.693. The Bertz CT molecular complexity index is 1560. The minimum atomic E-state index is -1.79. The van der Waals surface area contributed by atoms with Crippen molar-refractivity contribution >= 4 is 11.9 Å². The Labute approximate surface area is 377 Å². The number of carbonyl (C=O) groups excluding carboxylic acids is 2. The maximum Gasteiger partial charge on any atom is 0.303 e. The summed E-state index contributed by atoms with van der Waals surface area (Å²) in [5.74, 6) is -1.46. The number of aliphatic hydroxyl groups excluding tert-OH is 9. The molecule has 0 bridgehead atoms. The first-order chi connectivity index (χ1) is 31.1. The van der Waals surface area contributed by atoms with Crippen LogP contribution in [0, 0.1) is 0 Å². The molecule has 0 radical (unpaired) electrons. The summed E-state index contributed by atoms with van der Waals surface area (Å²) in [7, 11) is 0. The fourth-order valence-electron chi connectivity index (χ4n) is 8.21. The van der Waals surface area contributed by atoms with E-state index in [9.17, 15) is 55.5 Å². The van der Waals surface area contributed by atoms with E-state index in [0.717, 1.165) is 39.0 Å². The Morgan fingerprint density at radius 3 is 1.85 bits per heavy atom. The monoisotopic (exact) mass is 935 g/mol. The summed E-state index contributed by atoms with van der Waals surface area (Å²) < 4.78 is 60.1. The molecule has 4 heterocycles. The molecular weight excluding hydrogens is 866 g/mol. The lowest BCUT2D eigenvalue weighted by Gasteiger charge is -2.50. The van der Waals surface area contributed by atoms with E-state index in [-0.39, 0.29) is 13.2 Å². The van der Waals surface area contributed by atoms with Crippen molar-refractivity contribution in [1.29, 1.82) is 0 Å². The Morgan fingerprint density at radius 1 is 0.600 bits per heavy atom. The summed E-state index contributed by atoms with van der Waals surface area (Å²) >= 11 is 0. The fraction of sp³-hybridized carbons (Fsp3) is 0.814. The number of unbranched alkanes of at least 4 members (excludes halogenated alkanes) is 5. The van der Waals surface area contributed by atoms with E-state index < -0.39 is 154 Å². The number of esters is 1. The third-order valence-electron chi connectivity index (χ3n) is 11.8. The van der Waals surface area contributed by atoms with Gasteiger partial charge in [0.05, 0.1) is 32.5 Å². The minimum Gasteiger partial charge on any atom is -0.454 e. The van der Waals surface area contributed by atoms with Gasteiger partial charge in [0, 0.05) is 20.5 Å². The number of ether oxygens (including phenoxy) is 10. The summed E-state index contributed by atoms with van der Waals surface area (Å²) in [4.78, 5) is 25.5. The standard InChI is InChI=1S/C43H69NO21/c1-5-6-7-8-9-13-16-56-40-28(44-22(3)47)36(32(52)27(63-40)20-58-41-35(55)33(53)30(50)25(17-45)61-41)64-43-39(60-23(4)48)37(29(49)21(2)59-43)65-42-38(34(54)31(51)26(18-46)62-42)57-19-24-14-11-10-12-15-24/h10-12,14-15,21,25-43,45-46,49-55H,5-9,13,16-20H2,1-4H3,(H,44,47)/t21-,25+,26+,27+,28+,29-,30+,31+,32+,33-,34-,35+,36+,37+,38+,39+,40-,41-,42+,43-/m0/s1. The smallest absolute Gasteiger partial charge is 0.303 e. The summed E-state index contributed by atoms with van der Waals surface area (Å²) in [6.45, 7) is 3.88. The van der Waals surface area contributed by atoms with Gasteiger partial charge in [0.15, 0.2) is 31.3 Å². The normalized spacial score (nSPS) is 40.0. The molecule has 0 spiro atoms. The van der Waals surface area contributed by atoms with Gasteiger partial charge in [-0.15, -0.1) is 0 Å². The molecule has 22 heteroatoms. The second kappa shape index (κ2) is 25.7. The maximum atomic E-state index is 12.8. The molecule has 4 aliphatic heterocycles. The average molecular weight is 936 g/mol. The number of benzene rings is 1. The molecule has 372 valence electrons. The molecule has 0 saturated carbocycles. The van der Waals surface area contributed by atoms with Gasteiger partial charge in [0.2, 0.25) is 5.91 Å². The molecule has 5 rings (SSSR count). The van der Waals surface area contributed by atoms with Crippen LogP contribution in [0.25, 0.3) is 0 Å². The number of hydrogen-bond acceptors (Lipinski definition) is 21. The van der Waals surface area contributed by atoms with Crippen LogP contribution >= 0.6 is 0 Å². The van der Waals surface area contributed by atoms with Crippen molar-refractivity contribution in [3.8, 4) is 0 Å². The molecule has 0 unspecified atom stereocenters. The van der Waals surface area contributed by atoms with Crippen molar-refractivity contribution in [2.24, 2.45) is 0 Å². The predicted molar refractivity (Wildman–Crippen MR) is 220 cm³/mol. The van der Waals surface area contributed by atoms with Gasteiger partial charge < -0.3 is 98.6 Å². The van der Waals surface area contributed by atoms with E-state index in [0.29, 0.717) is 12.0 Å². The topological polar surface area (TPSA) is 321 Å². The van der Waals surface area contributed by atoms with E-state index in [1.807, 2.05) is 0 Å². The number of aliphatic hydroxyl groups is 9. The van der Waals surface area contributed by atoms with Crippen LogP contribution in [0.4, 0.5) is 0 Å². The van der Waals surface area contributed by atoms with Crippen molar-refractivity contribution in [3.63, 3.8) is 0 Å². The van der Waals surface area contributed by atoms with Crippen LogP contribution in [-0.4, -0.2) is 207 Å². The summed E-state index contributed by atoms with van der Waals surface area (Å²) in [6.07, 6.45) is -24.0. The quantitative estimate of drug-likeness (QED) is 0.0428. The largest absolute Gasteiger partial charge is 0.454 e. The van der Waals surface area contributed by atoms with Crippen LogP contribution in [0.5, 0.6) is 0 Å². The molecule has 10 N–H and O–H groups in total. The Balaban J connectivity index is 1.44. The highest BCUT2D eigenvalue weighted by Crippen LogP contribution is 2.35. The second-order valence-corrected chi connectivity index (χ2v) is 16.9. The zero-order valence-corrected chi connectivity index (χ0v) is 37.1. The van der Waals surface area contributed by atoms with E-state index in [2.05, 4.69) is 12.2 Å². The van der Waals surface area contributed by atoms with Crippen LogP contribution in [0.2, 0.25) is 0 Å². The van der Waals surface area contributed by atoms with Gasteiger partial charge >= 0.3 is 5.97 Å². The summed E-state index contributed by atoms with van der Waals surface area (Å²) in [5, 5.41) is 99.4. The second-order valence-electron chi connectivity index (χ2n) is 16.9. The van der Waals surface area contributed by atoms with Gasteiger partial charge in [-0.25, -0.2) is 0 Å². The Kier molecular flexibility index (Phi) is 21.1. The summed E-state index contributed by atoms with van der Waals surface area (Å²) in [6, 6.07) is 7.57.